The van der Waals surface area contributed by atoms with Crippen LogP contribution in [0.2, 0.25) is 5.02 Å². The normalized spacial score (nSPS) is 11.2. The van der Waals surface area contributed by atoms with Crippen LogP contribution in [0.4, 0.5) is 4.79 Å². The number of carbonyl (C=O) groups excluding carboxylic acids is 1. The molecule has 0 bridgehead atoms. The predicted molar refractivity (Wildman–Crippen MR) is 148 cm³/mol. The fourth-order valence-electron chi connectivity index (χ4n) is 4.61. The van der Waals surface area contributed by atoms with Crippen molar-refractivity contribution >= 4 is 28.4 Å². The molecule has 0 saturated heterocycles. The minimum atomic E-state index is -0.154. The van der Waals surface area contributed by atoms with Gasteiger partial charge >= 0.3 is 6.03 Å². The zero-order chi connectivity index (χ0) is 25.6. The van der Waals surface area contributed by atoms with Crippen molar-refractivity contribution in [1.82, 2.24) is 19.4 Å². The van der Waals surface area contributed by atoms with Crippen LogP contribution in [0.3, 0.4) is 0 Å². The standard InChI is InChI=1S/C30H29ClN4O2/c1-37-14-6-13-33-30(36)35-20-24(29-12-5-9-23-8-2-3-11-28(23)29)16-26(35)17-27-18-32-21-34(27)19-22-7-4-10-25(31)15-22/h2-5,7-12,15-16,18,20-21H,6,13-14,17,19H2,1H3,(H,33,36). The summed E-state index contributed by atoms with van der Waals surface area (Å²) >= 11 is 6.19. The number of fused-ring (bicyclic) bond motifs is 1. The Bertz CT molecular complexity index is 1520. The van der Waals surface area contributed by atoms with Crippen molar-refractivity contribution in [3.63, 3.8) is 0 Å². The molecular weight excluding hydrogens is 484 g/mol. The summed E-state index contributed by atoms with van der Waals surface area (Å²) in [5, 5.41) is 6.05. The molecule has 5 aromatic rings. The third-order valence-electron chi connectivity index (χ3n) is 6.42. The Morgan fingerprint density at radius 2 is 1.86 bits per heavy atom. The van der Waals surface area contributed by atoms with Gasteiger partial charge in [0.1, 0.15) is 0 Å². The molecule has 2 aromatic heterocycles. The number of ether oxygens (including phenoxy) is 1. The molecule has 37 heavy (non-hydrogen) atoms. The van der Waals surface area contributed by atoms with E-state index in [0.717, 1.165) is 45.3 Å². The van der Waals surface area contributed by atoms with Crippen molar-refractivity contribution in [2.75, 3.05) is 20.3 Å². The van der Waals surface area contributed by atoms with Gasteiger partial charge in [0, 0.05) is 67.6 Å². The summed E-state index contributed by atoms with van der Waals surface area (Å²) in [6.07, 6.45) is 6.91. The van der Waals surface area contributed by atoms with Crippen molar-refractivity contribution in [2.24, 2.45) is 0 Å². The van der Waals surface area contributed by atoms with Crippen molar-refractivity contribution in [1.29, 1.82) is 0 Å². The van der Waals surface area contributed by atoms with E-state index in [2.05, 4.69) is 51.3 Å². The second-order valence-corrected chi connectivity index (χ2v) is 9.45. The van der Waals surface area contributed by atoms with Crippen LogP contribution in [-0.2, 0) is 17.7 Å². The Balaban J connectivity index is 1.48. The molecule has 0 atom stereocenters. The molecule has 0 radical (unpaired) electrons. The van der Waals surface area contributed by atoms with Crippen molar-refractivity contribution in [2.45, 2.75) is 19.4 Å². The van der Waals surface area contributed by atoms with Crippen LogP contribution in [0.1, 0.15) is 23.4 Å². The number of nitrogens with zero attached hydrogens (tertiary/aromatic N) is 3. The van der Waals surface area contributed by atoms with E-state index in [1.807, 2.05) is 55.1 Å². The summed E-state index contributed by atoms with van der Waals surface area (Å²) in [6.45, 7) is 1.79. The van der Waals surface area contributed by atoms with Crippen molar-refractivity contribution in [3.8, 4) is 11.1 Å². The number of halogens is 1. The van der Waals surface area contributed by atoms with Gasteiger partial charge < -0.3 is 14.6 Å². The number of nitrogens with one attached hydrogen (secondary N) is 1. The largest absolute Gasteiger partial charge is 0.385 e. The summed E-state index contributed by atoms with van der Waals surface area (Å²) in [7, 11) is 1.66. The average Bonchev–Trinajstić information content (AvgIpc) is 3.53. The second-order valence-electron chi connectivity index (χ2n) is 9.01. The molecule has 1 N–H and O–H groups in total. The molecule has 2 heterocycles. The molecule has 0 unspecified atom stereocenters. The number of methoxy groups -OCH3 is 1. The Hall–Kier alpha value is -3.87. The first-order chi connectivity index (χ1) is 18.1. The molecule has 0 saturated carbocycles. The molecule has 1 amide bonds. The summed E-state index contributed by atoms with van der Waals surface area (Å²) in [6, 6.07) is 24.3. The third kappa shape index (κ3) is 5.77. The molecule has 0 aliphatic rings. The van der Waals surface area contributed by atoms with E-state index in [0.29, 0.717) is 31.1 Å². The first-order valence-corrected chi connectivity index (χ1v) is 12.7. The summed E-state index contributed by atoms with van der Waals surface area (Å²) in [4.78, 5) is 17.6. The SMILES string of the molecule is COCCCNC(=O)n1cc(-c2cccc3ccccc23)cc1Cc1cncn1Cc1cccc(Cl)c1. The van der Waals surface area contributed by atoms with Crippen LogP contribution < -0.4 is 5.32 Å². The van der Waals surface area contributed by atoms with Gasteiger partial charge in [-0.05, 0) is 46.5 Å². The number of rotatable bonds is 9. The lowest BCUT2D eigenvalue weighted by Gasteiger charge is -2.12. The highest BCUT2D eigenvalue weighted by Gasteiger charge is 2.17. The molecule has 3 aromatic carbocycles. The minimum Gasteiger partial charge on any atom is -0.385 e. The van der Waals surface area contributed by atoms with Crippen LogP contribution in [0, 0.1) is 0 Å². The number of imidazole rings is 1. The van der Waals surface area contributed by atoms with Gasteiger partial charge in [-0.2, -0.15) is 0 Å². The van der Waals surface area contributed by atoms with Crippen LogP contribution in [-0.4, -0.2) is 40.4 Å². The second kappa shape index (κ2) is 11.5. The van der Waals surface area contributed by atoms with E-state index in [4.69, 9.17) is 16.3 Å². The number of benzene rings is 3. The molecule has 7 heteroatoms. The molecule has 0 spiro atoms. The summed E-state index contributed by atoms with van der Waals surface area (Å²) in [5.41, 5.74) is 5.09. The zero-order valence-corrected chi connectivity index (χ0v) is 21.5. The first kappa shape index (κ1) is 24.8. The number of hydrogen-bond donors (Lipinski definition) is 1. The number of carbonyl (C=O) groups is 1. The fraction of sp³-hybridized carbons (Fsp3) is 0.200. The maximum absolute atomic E-state index is 13.3. The van der Waals surface area contributed by atoms with Crippen molar-refractivity contribution in [3.05, 3.63) is 113 Å². The van der Waals surface area contributed by atoms with E-state index >= 15 is 0 Å². The highest BCUT2D eigenvalue weighted by Crippen LogP contribution is 2.30. The highest BCUT2D eigenvalue weighted by atomic mass is 35.5. The molecule has 0 aliphatic carbocycles. The quantitative estimate of drug-likeness (QED) is 0.233. The molecule has 0 aliphatic heterocycles. The van der Waals surface area contributed by atoms with Crippen LogP contribution in [0.25, 0.3) is 21.9 Å². The Kier molecular flexibility index (Phi) is 7.68. The smallest absolute Gasteiger partial charge is 0.325 e. The summed E-state index contributed by atoms with van der Waals surface area (Å²) in [5.74, 6) is 0. The molecule has 6 nitrogen and oxygen atoms in total. The van der Waals surface area contributed by atoms with Gasteiger partial charge in [0.25, 0.3) is 0 Å². The van der Waals surface area contributed by atoms with E-state index in [1.54, 1.807) is 11.7 Å². The van der Waals surface area contributed by atoms with E-state index in [-0.39, 0.29) is 6.03 Å². The van der Waals surface area contributed by atoms with Gasteiger partial charge in [-0.1, -0.05) is 66.2 Å². The van der Waals surface area contributed by atoms with E-state index < -0.39 is 0 Å². The fourth-order valence-corrected chi connectivity index (χ4v) is 4.82. The van der Waals surface area contributed by atoms with Gasteiger partial charge in [0.15, 0.2) is 0 Å². The number of hydrogen-bond acceptors (Lipinski definition) is 3. The lowest BCUT2D eigenvalue weighted by Crippen LogP contribution is -2.30. The Morgan fingerprint density at radius 1 is 1.03 bits per heavy atom. The Labute approximate surface area is 221 Å². The molecular formula is C30H29ClN4O2. The van der Waals surface area contributed by atoms with Gasteiger partial charge in [0.05, 0.1) is 6.33 Å². The predicted octanol–water partition coefficient (Wildman–Crippen LogP) is 6.39. The lowest BCUT2D eigenvalue weighted by atomic mass is 10.00. The first-order valence-electron chi connectivity index (χ1n) is 12.3. The third-order valence-corrected chi connectivity index (χ3v) is 6.66. The van der Waals surface area contributed by atoms with Crippen LogP contribution >= 0.6 is 11.6 Å². The number of amides is 1. The zero-order valence-electron chi connectivity index (χ0n) is 20.7. The van der Waals surface area contributed by atoms with Gasteiger partial charge in [-0.3, -0.25) is 4.57 Å². The molecule has 5 rings (SSSR count). The molecule has 0 fully saturated rings. The van der Waals surface area contributed by atoms with E-state index in [1.165, 1.54) is 0 Å². The maximum atomic E-state index is 13.3. The minimum absolute atomic E-state index is 0.154. The van der Waals surface area contributed by atoms with Crippen LogP contribution in [0.15, 0.2) is 91.5 Å². The maximum Gasteiger partial charge on any atom is 0.325 e. The van der Waals surface area contributed by atoms with Crippen LogP contribution in [0.5, 0.6) is 0 Å². The molecule has 188 valence electrons. The summed E-state index contributed by atoms with van der Waals surface area (Å²) < 4.78 is 8.94. The number of aromatic nitrogens is 3. The lowest BCUT2D eigenvalue weighted by molar-refractivity contribution is 0.193. The topological polar surface area (TPSA) is 61.1 Å². The monoisotopic (exact) mass is 512 g/mol. The van der Waals surface area contributed by atoms with Gasteiger partial charge in [0.2, 0.25) is 0 Å². The van der Waals surface area contributed by atoms with E-state index in [9.17, 15) is 4.79 Å². The van der Waals surface area contributed by atoms with Gasteiger partial charge in [-0.15, -0.1) is 0 Å². The Morgan fingerprint density at radius 3 is 2.73 bits per heavy atom. The average molecular weight is 513 g/mol. The van der Waals surface area contributed by atoms with Crippen molar-refractivity contribution < 1.29 is 9.53 Å². The van der Waals surface area contributed by atoms with Gasteiger partial charge in [-0.25, -0.2) is 9.78 Å². The highest BCUT2D eigenvalue weighted by molar-refractivity contribution is 6.30.